The molecule has 2 aromatic rings. The molecule has 0 unspecified atom stereocenters. The second-order valence-corrected chi connectivity index (χ2v) is 13.4. The van der Waals surface area contributed by atoms with Crippen LogP contribution in [0.5, 0.6) is 0 Å². The summed E-state index contributed by atoms with van der Waals surface area (Å²) in [5, 5.41) is 43.2. The lowest BCUT2D eigenvalue weighted by atomic mass is 9.90. The number of nitro groups is 2. The molecule has 0 spiro atoms. The third kappa shape index (κ3) is 5.89. The van der Waals surface area contributed by atoms with Gasteiger partial charge in [0.2, 0.25) is 5.91 Å². The van der Waals surface area contributed by atoms with Crippen molar-refractivity contribution in [1.29, 1.82) is 0 Å². The van der Waals surface area contributed by atoms with Gasteiger partial charge in [-0.3, -0.25) is 39.6 Å². The first-order valence-corrected chi connectivity index (χ1v) is 15.3. The third-order valence-electron chi connectivity index (χ3n) is 7.72. The first-order valence-electron chi connectivity index (χ1n) is 13.4. The molecule has 1 amide bonds. The Morgan fingerprint density at radius 3 is 2.56 bits per heavy atom. The van der Waals surface area contributed by atoms with Gasteiger partial charge in [0.1, 0.15) is 15.8 Å². The molecular formula is C28H28N4O9S2. The lowest BCUT2D eigenvalue weighted by Gasteiger charge is -2.53. The molecule has 2 aromatic carbocycles. The van der Waals surface area contributed by atoms with E-state index in [1.807, 2.05) is 4.90 Å². The van der Waals surface area contributed by atoms with Gasteiger partial charge < -0.3 is 10.2 Å². The van der Waals surface area contributed by atoms with Gasteiger partial charge in [-0.2, -0.15) is 0 Å². The number of thioether (sulfide) groups is 2. The number of amides is 1. The van der Waals surface area contributed by atoms with Gasteiger partial charge in [-0.25, -0.2) is 4.79 Å². The number of rotatable bonds is 12. The van der Waals surface area contributed by atoms with E-state index in [2.05, 4.69) is 0 Å². The standard InChI is InChI=1S/C28H28N4O9S2/c1-16(33)12-28(26(37)30-23(25(35)36)15-42-27(28)30)43-19-8-9-29(13-19)14-24(34)20-5-3-2-4-18(20)10-17-6-7-21(31(38)39)22(11-17)32(40)41/h2-7,11,15-16,19,27,33H,8-10,12-14H2,1H3,(H,35,36)/t16-,19-,27+,28+/m0/s1. The largest absolute Gasteiger partial charge is 0.477 e. The summed E-state index contributed by atoms with van der Waals surface area (Å²) < 4.78 is -0.961. The van der Waals surface area contributed by atoms with Crippen molar-refractivity contribution in [3.8, 4) is 0 Å². The zero-order valence-corrected chi connectivity index (χ0v) is 24.6. The van der Waals surface area contributed by atoms with E-state index in [0.717, 1.165) is 12.1 Å². The van der Waals surface area contributed by atoms with Crippen molar-refractivity contribution in [2.45, 2.75) is 47.7 Å². The van der Waals surface area contributed by atoms with Crippen LogP contribution < -0.4 is 0 Å². The highest BCUT2D eigenvalue weighted by atomic mass is 32.2. The van der Waals surface area contributed by atoms with E-state index in [1.54, 1.807) is 31.2 Å². The zero-order chi connectivity index (χ0) is 31.1. The molecule has 13 nitrogen and oxygen atoms in total. The Morgan fingerprint density at radius 1 is 1.16 bits per heavy atom. The number of hydrogen-bond acceptors (Lipinski definition) is 11. The fourth-order valence-corrected chi connectivity index (χ4v) is 9.27. The van der Waals surface area contributed by atoms with Crippen molar-refractivity contribution in [1.82, 2.24) is 9.80 Å². The monoisotopic (exact) mass is 628 g/mol. The molecule has 0 aromatic heterocycles. The van der Waals surface area contributed by atoms with Crippen molar-refractivity contribution in [3.63, 3.8) is 0 Å². The van der Waals surface area contributed by atoms with Crippen molar-refractivity contribution in [2.75, 3.05) is 19.6 Å². The van der Waals surface area contributed by atoms with Gasteiger partial charge in [0.25, 0.3) is 0 Å². The number of carbonyl (C=O) groups excluding carboxylic acids is 2. The van der Waals surface area contributed by atoms with Crippen LogP contribution in [0.1, 0.15) is 41.3 Å². The average molecular weight is 629 g/mol. The molecule has 4 atom stereocenters. The summed E-state index contributed by atoms with van der Waals surface area (Å²) in [6.07, 6.45) is 0.304. The Bertz CT molecular complexity index is 1550. The number of carboxylic acids is 1. The van der Waals surface area contributed by atoms with Gasteiger partial charge in [0.15, 0.2) is 5.78 Å². The number of nitro benzene ring substituents is 2. The fraction of sp³-hybridized carbons (Fsp3) is 0.393. The number of fused-ring (bicyclic) bond motifs is 1. The highest BCUT2D eigenvalue weighted by Gasteiger charge is 2.66. The number of benzene rings is 2. The maximum atomic E-state index is 13.4. The average Bonchev–Trinajstić information content (AvgIpc) is 3.58. The van der Waals surface area contributed by atoms with Crippen molar-refractivity contribution < 1.29 is 34.4 Å². The SMILES string of the molecule is C[C@H](O)C[C@@]1(S[C@H]2CCN(CC(=O)c3ccccc3Cc3ccc([N+](=O)[O-])c([N+](=O)[O-])c3)C2)C(=O)N2C(C(=O)O)=CS[C@@H]21. The van der Waals surface area contributed by atoms with Crippen LogP contribution in [0.4, 0.5) is 11.4 Å². The quantitative estimate of drug-likeness (QED) is 0.151. The molecule has 2 N–H and O–H groups in total. The second-order valence-electron chi connectivity index (χ2n) is 10.8. The number of β-lactam (4-membered cyclic amide) rings is 1. The lowest BCUT2D eigenvalue weighted by Crippen LogP contribution is -2.70. The fourth-order valence-electron chi connectivity index (χ4n) is 5.86. The van der Waals surface area contributed by atoms with Crippen LogP contribution in [0.3, 0.4) is 0 Å². The summed E-state index contributed by atoms with van der Waals surface area (Å²) in [5.41, 5.74) is 0.280. The van der Waals surface area contributed by atoms with E-state index in [0.29, 0.717) is 36.2 Å². The summed E-state index contributed by atoms with van der Waals surface area (Å²) in [6, 6.07) is 10.6. The number of Topliss-reactive ketones (excluding diaryl/α,β-unsaturated/α-hetero) is 1. The summed E-state index contributed by atoms with van der Waals surface area (Å²) in [4.78, 5) is 62.5. The highest BCUT2D eigenvalue weighted by molar-refractivity contribution is 8.07. The number of nitrogens with zero attached hydrogens (tertiary/aromatic N) is 4. The Hall–Kier alpha value is -3.79. The summed E-state index contributed by atoms with van der Waals surface area (Å²) in [7, 11) is 0. The van der Waals surface area contributed by atoms with E-state index in [-0.39, 0.29) is 42.0 Å². The number of aliphatic hydroxyl groups is 1. The van der Waals surface area contributed by atoms with E-state index < -0.39 is 43.4 Å². The number of ketones is 1. The number of carbonyl (C=O) groups is 3. The molecule has 2 fully saturated rings. The van der Waals surface area contributed by atoms with Crippen molar-refractivity contribution in [3.05, 3.63) is 90.5 Å². The minimum Gasteiger partial charge on any atom is -0.477 e. The number of likely N-dealkylation sites (tertiary alicyclic amines) is 1. The molecule has 0 radical (unpaired) electrons. The molecule has 3 heterocycles. The van der Waals surface area contributed by atoms with E-state index in [1.165, 1.54) is 39.9 Å². The summed E-state index contributed by atoms with van der Waals surface area (Å²) in [5.74, 6) is -1.64. The van der Waals surface area contributed by atoms with Gasteiger partial charge in [0.05, 0.1) is 22.5 Å². The molecular weight excluding hydrogens is 600 g/mol. The smallest absolute Gasteiger partial charge is 0.353 e. The van der Waals surface area contributed by atoms with Crippen LogP contribution in [0, 0.1) is 20.2 Å². The maximum absolute atomic E-state index is 13.4. The van der Waals surface area contributed by atoms with Crippen LogP contribution in [-0.2, 0) is 16.0 Å². The second kappa shape index (κ2) is 12.1. The number of aliphatic carboxylic acids is 1. The normalized spacial score (nSPS) is 23.8. The predicted octanol–water partition coefficient (Wildman–Crippen LogP) is 3.43. The minimum absolute atomic E-state index is 0.0111. The molecule has 3 aliphatic rings. The molecule has 0 saturated carbocycles. The Morgan fingerprint density at radius 2 is 1.88 bits per heavy atom. The van der Waals surface area contributed by atoms with Crippen LogP contribution in [0.25, 0.3) is 0 Å². The van der Waals surface area contributed by atoms with Crippen molar-refractivity contribution in [2.24, 2.45) is 0 Å². The Labute approximate surface area is 254 Å². The highest BCUT2D eigenvalue weighted by Crippen LogP contribution is 2.57. The van der Waals surface area contributed by atoms with Crippen LogP contribution in [0.2, 0.25) is 0 Å². The number of hydrogen-bond donors (Lipinski definition) is 2. The maximum Gasteiger partial charge on any atom is 0.353 e. The molecule has 2 saturated heterocycles. The zero-order valence-electron chi connectivity index (χ0n) is 23.0. The molecule has 15 heteroatoms. The predicted molar refractivity (Wildman–Crippen MR) is 159 cm³/mol. The molecule has 3 aliphatic heterocycles. The van der Waals surface area contributed by atoms with Gasteiger partial charge in [-0.1, -0.05) is 30.3 Å². The van der Waals surface area contributed by atoms with Gasteiger partial charge in [0, 0.05) is 34.9 Å². The van der Waals surface area contributed by atoms with Crippen LogP contribution >= 0.6 is 23.5 Å². The van der Waals surface area contributed by atoms with Gasteiger partial charge in [-0.05, 0) is 43.9 Å². The van der Waals surface area contributed by atoms with E-state index in [4.69, 9.17) is 0 Å². The third-order valence-corrected chi connectivity index (χ3v) is 10.8. The molecule has 0 aliphatic carbocycles. The molecule has 226 valence electrons. The topological polar surface area (TPSA) is 184 Å². The van der Waals surface area contributed by atoms with Gasteiger partial charge in [-0.15, -0.1) is 23.5 Å². The van der Waals surface area contributed by atoms with Crippen molar-refractivity contribution >= 4 is 52.6 Å². The summed E-state index contributed by atoms with van der Waals surface area (Å²) >= 11 is 2.72. The van der Waals surface area contributed by atoms with E-state index >= 15 is 0 Å². The molecule has 5 rings (SSSR count). The summed E-state index contributed by atoms with van der Waals surface area (Å²) in [6.45, 7) is 2.86. The van der Waals surface area contributed by atoms with Gasteiger partial charge >= 0.3 is 17.3 Å². The molecule has 0 bridgehead atoms. The van der Waals surface area contributed by atoms with E-state index in [9.17, 15) is 44.8 Å². The number of carboxylic acid groups (broad SMARTS) is 1. The first-order chi connectivity index (χ1) is 20.4. The first kappa shape index (κ1) is 30.7. The molecule has 43 heavy (non-hydrogen) atoms. The number of aliphatic hydroxyl groups excluding tert-OH is 1. The van der Waals surface area contributed by atoms with Crippen LogP contribution in [-0.4, -0.2) is 88.6 Å². The Balaban J connectivity index is 1.25. The minimum atomic E-state index is -1.17. The Kier molecular flexibility index (Phi) is 8.61. The van der Waals surface area contributed by atoms with Crippen LogP contribution in [0.15, 0.2) is 53.6 Å². The lowest BCUT2D eigenvalue weighted by molar-refractivity contribution is -0.422.